The third-order valence-electron chi connectivity index (χ3n) is 2.91. The minimum Gasteiger partial charge on any atom is -0.351 e. The van der Waals surface area contributed by atoms with Gasteiger partial charge in [-0.1, -0.05) is 12.1 Å². The fourth-order valence-corrected chi connectivity index (χ4v) is 1.82. The molecule has 5 nitrogen and oxygen atoms in total. The summed E-state index contributed by atoms with van der Waals surface area (Å²) in [7, 11) is 1.85. The van der Waals surface area contributed by atoms with Gasteiger partial charge in [-0.3, -0.25) is 9.89 Å². The predicted molar refractivity (Wildman–Crippen MR) is 75.0 cm³/mol. The topological polar surface area (TPSA) is 69.8 Å². The van der Waals surface area contributed by atoms with Crippen molar-refractivity contribution in [3.05, 3.63) is 41.6 Å². The van der Waals surface area contributed by atoms with Crippen LogP contribution in [-0.4, -0.2) is 36.2 Å². The Labute approximate surface area is 112 Å². The molecule has 5 heteroatoms. The van der Waals surface area contributed by atoms with Crippen LogP contribution in [0, 0.1) is 6.92 Å². The number of aromatic amines is 1. The molecule has 0 spiro atoms. The number of H-pyrrole nitrogens is 1. The molecule has 19 heavy (non-hydrogen) atoms. The largest absolute Gasteiger partial charge is 0.351 e. The number of nitrogens with one attached hydrogen (secondary N) is 3. The maximum absolute atomic E-state index is 11.8. The lowest BCUT2D eigenvalue weighted by Gasteiger charge is -2.05. The number of carbonyl (C=O) groups excluding carboxylic acids is 1. The number of aryl methyl sites for hydroxylation is 1. The number of aromatic nitrogens is 2. The summed E-state index contributed by atoms with van der Waals surface area (Å²) in [5.41, 5.74) is 3.67. The van der Waals surface area contributed by atoms with E-state index in [9.17, 15) is 4.79 Å². The Morgan fingerprint density at radius 1 is 1.26 bits per heavy atom. The van der Waals surface area contributed by atoms with Crippen LogP contribution < -0.4 is 10.6 Å². The Kier molecular flexibility index (Phi) is 4.30. The monoisotopic (exact) mass is 258 g/mol. The summed E-state index contributed by atoms with van der Waals surface area (Å²) < 4.78 is 0. The van der Waals surface area contributed by atoms with Gasteiger partial charge in [0.05, 0.1) is 5.69 Å². The van der Waals surface area contributed by atoms with E-state index in [4.69, 9.17) is 0 Å². The van der Waals surface area contributed by atoms with E-state index in [2.05, 4.69) is 20.8 Å². The van der Waals surface area contributed by atoms with Crippen LogP contribution in [0.25, 0.3) is 11.3 Å². The van der Waals surface area contributed by atoms with Gasteiger partial charge in [-0.25, -0.2) is 0 Å². The van der Waals surface area contributed by atoms with Crippen molar-refractivity contribution in [3.63, 3.8) is 0 Å². The van der Waals surface area contributed by atoms with Crippen molar-refractivity contribution in [2.24, 2.45) is 0 Å². The highest BCUT2D eigenvalue weighted by atomic mass is 16.1. The van der Waals surface area contributed by atoms with Gasteiger partial charge in [-0.2, -0.15) is 5.10 Å². The standard InChI is InChI=1S/C14H18N4O/c1-10-9-17-18-13(10)11-3-5-12(6-4-11)14(19)16-8-7-15-2/h3-6,9,15H,7-8H2,1-2H3,(H,16,19)(H,17,18). The molecule has 0 saturated heterocycles. The second kappa shape index (κ2) is 6.15. The zero-order valence-corrected chi connectivity index (χ0v) is 11.2. The minimum atomic E-state index is -0.0550. The molecule has 0 atom stereocenters. The van der Waals surface area contributed by atoms with Crippen LogP contribution in [0.15, 0.2) is 30.5 Å². The first-order chi connectivity index (χ1) is 9.22. The number of carbonyl (C=O) groups is 1. The van der Waals surface area contributed by atoms with Crippen LogP contribution in [0.2, 0.25) is 0 Å². The summed E-state index contributed by atoms with van der Waals surface area (Å²) in [6.07, 6.45) is 1.85. The summed E-state index contributed by atoms with van der Waals surface area (Å²) in [4.78, 5) is 11.8. The van der Waals surface area contributed by atoms with Crippen LogP contribution in [0.4, 0.5) is 0 Å². The number of benzene rings is 1. The summed E-state index contributed by atoms with van der Waals surface area (Å²) >= 11 is 0. The second-order valence-electron chi connectivity index (χ2n) is 4.35. The highest BCUT2D eigenvalue weighted by Gasteiger charge is 2.07. The van der Waals surface area contributed by atoms with E-state index in [1.54, 1.807) is 0 Å². The van der Waals surface area contributed by atoms with Crippen molar-refractivity contribution in [2.45, 2.75) is 6.92 Å². The number of likely N-dealkylation sites (N-methyl/N-ethyl adjacent to an activating group) is 1. The highest BCUT2D eigenvalue weighted by Crippen LogP contribution is 2.20. The summed E-state index contributed by atoms with van der Waals surface area (Å²) in [6.45, 7) is 3.38. The zero-order valence-electron chi connectivity index (χ0n) is 11.2. The van der Waals surface area contributed by atoms with Crippen molar-refractivity contribution in [3.8, 4) is 11.3 Å². The highest BCUT2D eigenvalue weighted by molar-refractivity contribution is 5.94. The molecular formula is C14H18N4O. The molecule has 100 valence electrons. The number of rotatable bonds is 5. The van der Waals surface area contributed by atoms with Gasteiger partial charge in [-0.15, -0.1) is 0 Å². The van der Waals surface area contributed by atoms with Gasteiger partial charge in [0.1, 0.15) is 0 Å². The Hall–Kier alpha value is -2.14. The van der Waals surface area contributed by atoms with Crippen molar-refractivity contribution >= 4 is 5.91 Å². The molecule has 2 aromatic rings. The zero-order chi connectivity index (χ0) is 13.7. The van der Waals surface area contributed by atoms with Gasteiger partial charge in [0.25, 0.3) is 5.91 Å². The van der Waals surface area contributed by atoms with Crippen molar-refractivity contribution < 1.29 is 4.79 Å². The third-order valence-corrected chi connectivity index (χ3v) is 2.91. The van der Waals surface area contributed by atoms with Gasteiger partial charge in [0.2, 0.25) is 0 Å². The molecule has 0 unspecified atom stereocenters. The first-order valence-corrected chi connectivity index (χ1v) is 6.26. The van der Waals surface area contributed by atoms with Crippen LogP contribution >= 0.6 is 0 Å². The molecule has 0 bridgehead atoms. The molecule has 0 aliphatic rings. The molecule has 3 N–H and O–H groups in total. The molecule has 0 fully saturated rings. The van der Waals surface area contributed by atoms with Gasteiger partial charge < -0.3 is 10.6 Å². The van der Waals surface area contributed by atoms with Crippen LogP contribution in [0.3, 0.4) is 0 Å². The first kappa shape index (κ1) is 13.3. The summed E-state index contributed by atoms with van der Waals surface area (Å²) in [5, 5.41) is 12.8. The van der Waals surface area contributed by atoms with Gasteiger partial charge in [-0.05, 0) is 31.7 Å². The van der Waals surface area contributed by atoms with Crippen molar-refractivity contribution in [1.82, 2.24) is 20.8 Å². The summed E-state index contributed by atoms with van der Waals surface area (Å²) in [6, 6.07) is 7.46. The van der Waals surface area contributed by atoms with E-state index >= 15 is 0 Å². The Balaban J connectivity index is 2.06. The van der Waals surface area contributed by atoms with Crippen LogP contribution in [0.1, 0.15) is 15.9 Å². The number of nitrogens with zero attached hydrogens (tertiary/aromatic N) is 1. The molecule has 1 heterocycles. The maximum atomic E-state index is 11.8. The smallest absolute Gasteiger partial charge is 0.251 e. The van der Waals surface area contributed by atoms with E-state index in [-0.39, 0.29) is 5.91 Å². The maximum Gasteiger partial charge on any atom is 0.251 e. The van der Waals surface area contributed by atoms with Gasteiger partial charge in [0, 0.05) is 30.4 Å². The predicted octanol–water partition coefficient (Wildman–Crippen LogP) is 1.33. The molecule has 0 aliphatic carbocycles. The average Bonchev–Trinajstić information content (AvgIpc) is 2.85. The number of hydrogen-bond acceptors (Lipinski definition) is 3. The van der Waals surface area contributed by atoms with E-state index in [0.717, 1.165) is 23.4 Å². The molecule has 2 rings (SSSR count). The molecule has 1 aromatic carbocycles. The van der Waals surface area contributed by atoms with Gasteiger partial charge >= 0.3 is 0 Å². The number of amides is 1. The molecule has 0 radical (unpaired) electrons. The minimum absolute atomic E-state index is 0.0550. The molecule has 0 saturated carbocycles. The fraction of sp³-hybridized carbons (Fsp3) is 0.286. The lowest BCUT2D eigenvalue weighted by atomic mass is 10.1. The third kappa shape index (κ3) is 3.20. The number of hydrogen-bond donors (Lipinski definition) is 3. The Bertz CT molecular complexity index is 545. The van der Waals surface area contributed by atoms with Crippen molar-refractivity contribution in [2.75, 3.05) is 20.1 Å². The van der Waals surface area contributed by atoms with Crippen LogP contribution in [-0.2, 0) is 0 Å². The van der Waals surface area contributed by atoms with Crippen LogP contribution in [0.5, 0.6) is 0 Å². The molecular weight excluding hydrogens is 240 g/mol. The molecule has 1 aromatic heterocycles. The fourth-order valence-electron chi connectivity index (χ4n) is 1.82. The van der Waals surface area contributed by atoms with E-state index in [1.165, 1.54) is 0 Å². The van der Waals surface area contributed by atoms with E-state index in [1.807, 2.05) is 44.4 Å². The Morgan fingerprint density at radius 2 is 2.00 bits per heavy atom. The second-order valence-corrected chi connectivity index (χ2v) is 4.35. The van der Waals surface area contributed by atoms with E-state index < -0.39 is 0 Å². The lowest BCUT2D eigenvalue weighted by molar-refractivity contribution is 0.0954. The quantitative estimate of drug-likeness (QED) is 0.709. The SMILES string of the molecule is CNCCNC(=O)c1ccc(-c2n[nH]cc2C)cc1. The Morgan fingerprint density at radius 3 is 2.58 bits per heavy atom. The average molecular weight is 258 g/mol. The first-order valence-electron chi connectivity index (χ1n) is 6.26. The summed E-state index contributed by atoms with van der Waals surface area (Å²) in [5.74, 6) is -0.0550. The van der Waals surface area contributed by atoms with E-state index in [0.29, 0.717) is 12.1 Å². The van der Waals surface area contributed by atoms with Crippen molar-refractivity contribution in [1.29, 1.82) is 0 Å². The molecule has 1 amide bonds. The van der Waals surface area contributed by atoms with Gasteiger partial charge in [0.15, 0.2) is 0 Å². The lowest BCUT2D eigenvalue weighted by Crippen LogP contribution is -2.30. The normalized spacial score (nSPS) is 10.4. The molecule has 0 aliphatic heterocycles.